The lowest BCUT2D eigenvalue weighted by molar-refractivity contribution is -0.123. The van der Waals surface area contributed by atoms with E-state index in [0.29, 0.717) is 17.9 Å². The van der Waals surface area contributed by atoms with Crippen molar-refractivity contribution in [3.63, 3.8) is 0 Å². The molecule has 0 bridgehead atoms. The van der Waals surface area contributed by atoms with Gasteiger partial charge in [0.2, 0.25) is 0 Å². The molecule has 0 radical (unpaired) electrons. The molecule has 5 nitrogen and oxygen atoms in total. The number of rotatable bonds is 5. The molecule has 0 spiro atoms. The summed E-state index contributed by atoms with van der Waals surface area (Å²) >= 11 is 4.84. The van der Waals surface area contributed by atoms with Crippen LogP contribution in [0, 0.1) is 0 Å². The van der Waals surface area contributed by atoms with Gasteiger partial charge in [0.25, 0.3) is 11.8 Å². The number of unbranched alkanes of at least 4 members (excludes halogenated alkanes) is 1. The molecule has 1 saturated heterocycles. The van der Waals surface area contributed by atoms with E-state index in [-0.39, 0.29) is 10.7 Å². The van der Waals surface area contributed by atoms with Crippen LogP contribution in [-0.2, 0) is 9.59 Å². The van der Waals surface area contributed by atoms with Gasteiger partial charge in [0.05, 0.1) is 6.61 Å². The highest BCUT2D eigenvalue weighted by Crippen LogP contribution is 2.30. The SMILES string of the molecule is CCCCOc1ccc2ccccc2c1C=C1C(=O)NC(=S)NC1=O. The third-order valence-corrected chi connectivity index (χ3v) is 4.12. The maximum absolute atomic E-state index is 12.2. The average molecular weight is 354 g/mol. The zero-order valence-electron chi connectivity index (χ0n) is 13.8. The van der Waals surface area contributed by atoms with Gasteiger partial charge in [-0.3, -0.25) is 20.2 Å². The lowest BCUT2D eigenvalue weighted by Gasteiger charge is -2.18. The first kappa shape index (κ1) is 17.1. The first-order chi connectivity index (χ1) is 12.1. The van der Waals surface area contributed by atoms with Crippen molar-refractivity contribution >= 4 is 46.0 Å². The fraction of sp³-hybridized carbons (Fsp3) is 0.211. The van der Waals surface area contributed by atoms with Crippen LogP contribution in [0.15, 0.2) is 42.0 Å². The molecular formula is C19H18N2O3S. The van der Waals surface area contributed by atoms with E-state index in [2.05, 4.69) is 17.6 Å². The molecule has 2 N–H and O–H groups in total. The number of nitrogens with one attached hydrogen (secondary N) is 2. The van der Waals surface area contributed by atoms with Gasteiger partial charge < -0.3 is 4.74 Å². The van der Waals surface area contributed by atoms with Crippen LogP contribution in [-0.4, -0.2) is 23.5 Å². The number of hydrogen-bond acceptors (Lipinski definition) is 4. The summed E-state index contributed by atoms with van der Waals surface area (Å²) in [6.45, 7) is 2.67. The Kier molecular flexibility index (Phi) is 5.09. The number of hydrogen-bond donors (Lipinski definition) is 2. The summed E-state index contributed by atoms with van der Waals surface area (Å²) in [6.07, 6.45) is 3.51. The molecular weight excluding hydrogens is 336 g/mol. The Morgan fingerprint density at radius 1 is 1.08 bits per heavy atom. The predicted molar refractivity (Wildman–Crippen MR) is 101 cm³/mol. The maximum atomic E-state index is 12.2. The fourth-order valence-electron chi connectivity index (χ4n) is 2.63. The van der Waals surface area contributed by atoms with E-state index in [4.69, 9.17) is 17.0 Å². The van der Waals surface area contributed by atoms with Crippen molar-refractivity contribution in [2.75, 3.05) is 6.61 Å². The highest BCUT2D eigenvalue weighted by atomic mass is 32.1. The molecule has 0 saturated carbocycles. The smallest absolute Gasteiger partial charge is 0.263 e. The topological polar surface area (TPSA) is 67.4 Å². The third kappa shape index (κ3) is 3.69. The van der Waals surface area contributed by atoms with Crippen LogP contribution in [0.2, 0.25) is 0 Å². The number of amides is 2. The summed E-state index contributed by atoms with van der Waals surface area (Å²) in [6, 6.07) is 11.6. The van der Waals surface area contributed by atoms with E-state index >= 15 is 0 Å². The number of carbonyl (C=O) groups is 2. The normalized spacial score (nSPS) is 14.3. The highest BCUT2D eigenvalue weighted by molar-refractivity contribution is 7.80. The second-order valence-electron chi connectivity index (χ2n) is 5.70. The Morgan fingerprint density at radius 3 is 2.52 bits per heavy atom. The van der Waals surface area contributed by atoms with Gasteiger partial charge >= 0.3 is 0 Å². The molecule has 1 aliphatic heterocycles. The first-order valence-corrected chi connectivity index (χ1v) is 8.54. The van der Waals surface area contributed by atoms with Gasteiger partial charge in [-0.15, -0.1) is 0 Å². The Labute approximate surface area is 151 Å². The van der Waals surface area contributed by atoms with Gasteiger partial charge in [0, 0.05) is 5.56 Å². The molecule has 25 heavy (non-hydrogen) atoms. The standard InChI is InChI=1S/C19H18N2O3S/c1-2-3-10-24-16-9-8-12-6-4-5-7-13(12)14(16)11-15-17(22)20-19(25)21-18(15)23/h4-9,11H,2-3,10H2,1H3,(H2,20,21,22,23,25). The van der Waals surface area contributed by atoms with Gasteiger partial charge in [-0.2, -0.15) is 0 Å². The number of ether oxygens (including phenoxy) is 1. The largest absolute Gasteiger partial charge is 0.493 e. The van der Waals surface area contributed by atoms with Crippen molar-refractivity contribution in [1.29, 1.82) is 0 Å². The molecule has 2 aromatic carbocycles. The number of fused-ring (bicyclic) bond motifs is 1. The van der Waals surface area contributed by atoms with Gasteiger partial charge in [-0.05, 0) is 41.6 Å². The molecule has 1 fully saturated rings. The molecule has 0 aliphatic carbocycles. The van der Waals surface area contributed by atoms with Crippen LogP contribution in [0.25, 0.3) is 16.8 Å². The van der Waals surface area contributed by atoms with Crippen molar-refractivity contribution in [3.8, 4) is 5.75 Å². The Balaban J connectivity index is 2.10. The lowest BCUT2D eigenvalue weighted by Crippen LogP contribution is -2.51. The summed E-state index contributed by atoms with van der Waals surface area (Å²) in [5, 5.41) is 6.84. The first-order valence-electron chi connectivity index (χ1n) is 8.13. The Morgan fingerprint density at radius 2 is 1.80 bits per heavy atom. The molecule has 0 unspecified atom stereocenters. The second kappa shape index (κ2) is 7.44. The Hall–Kier alpha value is -2.73. The number of carbonyl (C=O) groups excluding carboxylic acids is 2. The van der Waals surface area contributed by atoms with Gasteiger partial charge in [-0.1, -0.05) is 43.7 Å². The van der Waals surface area contributed by atoms with E-state index in [1.807, 2.05) is 36.4 Å². The van der Waals surface area contributed by atoms with Gasteiger partial charge in [-0.25, -0.2) is 0 Å². The van der Waals surface area contributed by atoms with E-state index in [1.54, 1.807) is 6.08 Å². The van der Waals surface area contributed by atoms with Gasteiger partial charge in [0.1, 0.15) is 11.3 Å². The quantitative estimate of drug-likeness (QED) is 0.375. The molecule has 0 aromatic heterocycles. The molecule has 1 heterocycles. The van der Waals surface area contributed by atoms with Crippen molar-refractivity contribution in [3.05, 3.63) is 47.5 Å². The van der Waals surface area contributed by atoms with Crippen molar-refractivity contribution in [2.24, 2.45) is 0 Å². The number of thiocarbonyl (C=S) groups is 1. The van der Waals surface area contributed by atoms with E-state index in [9.17, 15) is 9.59 Å². The van der Waals surface area contributed by atoms with Crippen LogP contribution in [0.4, 0.5) is 0 Å². The summed E-state index contributed by atoms with van der Waals surface area (Å²) in [4.78, 5) is 24.3. The van der Waals surface area contributed by atoms with Crippen LogP contribution in [0.5, 0.6) is 5.75 Å². The van der Waals surface area contributed by atoms with Crippen LogP contribution in [0.3, 0.4) is 0 Å². The summed E-state index contributed by atoms with van der Waals surface area (Å²) in [5.74, 6) is -0.379. The fourth-order valence-corrected chi connectivity index (χ4v) is 2.81. The van der Waals surface area contributed by atoms with Crippen molar-refractivity contribution in [1.82, 2.24) is 10.6 Å². The van der Waals surface area contributed by atoms with E-state index in [0.717, 1.165) is 23.6 Å². The minimum Gasteiger partial charge on any atom is -0.493 e. The lowest BCUT2D eigenvalue weighted by atomic mass is 10.00. The summed E-state index contributed by atoms with van der Waals surface area (Å²) < 4.78 is 5.89. The van der Waals surface area contributed by atoms with Crippen molar-refractivity contribution < 1.29 is 14.3 Å². The van der Waals surface area contributed by atoms with E-state index in [1.165, 1.54) is 0 Å². The van der Waals surface area contributed by atoms with Crippen LogP contribution < -0.4 is 15.4 Å². The molecule has 1 aliphatic rings. The minimum absolute atomic E-state index is 0.00490. The average Bonchev–Trinajstić information content (AvgIpc) is 2.59. The Bertz CT molecular complexity index is 867. The van der Waals surface area contributed by atoms with Crippen molar-refractivity contribution in [2.45, 2.75) is 19.8 Å². The summed E-state index contributed by atoms with van der Waals surface area (Å²) in [5.41, 5.74) is 0.715. The maximum Gasteiger partial charge on any atom is 0.263 e. The molecule has 128 valence electrons. The molecule has 2 aromatic rings. The molecule has 6 heteroatoms. The molecule has 0 atom stereocenters. The minimum atomic E-state index is -0.513. The third-order valence-electron chi connectivity index (χ3n) is 3.92. The summed E-state index contributed by atoms with van der Waals surface area (Å²) in [7, 11) is 0. The van der Waals surface area contributed by atoms with E-state index < -0.39 is 11.8 Å². The molecule has 3 rings (SSSR count). The molecule has 2 amide bonds. The highest BCUT2D eigenvalue weighted by Gasteiger charge is 2.26. The van der Waals surface area contributed by atoms with Crippen LogP contribution in [0.1, 0.15) is 25.3 Å². The predicted octanol–water partition coefficient (Wildman–Crippen LogP) is 2.93. The monoisotopic (exact) mass is 354 g/mol. The zero-order valence-corrected chi connectivity index (χ0v) is 14.6. The van der Waals surface area contributed by atoms with Gasteiger partial charge in [0.15, 0.2) is 5.11 Å². The zero-order chi connectivity index (χ0) is 17.8. The second-order valence-corrected chi connectivity index (χ2v) is 6.10. The van der Waals surface area contributed by atoms with Crippen LogP contribution >= 0.6 is 12.2 Å². The number of benzene rings is 2.